The van der Waals surface area contributed by atoms with Gasteiger partial charge in [0, 0.05) is 0 Å². The van der Waals surface area contributed by atoms with E-state index in [2.05, 4.69) is 10.6 Å². The Hall–Kier alpha value is -2.38. The van der Waals surface area contributed by atoms with Crippen LogP contribution in [0.15, 0.2) is 0 Å². The SMILES string of the molecule is CSCCC(N)C(=O)NC(C(=O)NC(CC(N)=O)C(=O)NCC(=O)O)C(C)O. The van der Waals surface area contributed by atoms with Crippen LogP contribution in [0, 0.1) is 0 Å². The van der Waals surface area contributed by atoms with Gasteiger partial charge in [-0.05, 0) is 25.4 Å². The molecule has 160 valence electrons. The van der Waals surface area contributed by atoms with Crippen molar-refractivity contribution in [3.63, 3.8) is 0 Å². The molecule has 9 N–H and O–H groups in total. The Bertz CT molecular complexity index is 587. The average molecular weight is 421 g/mol. The van der Waals surface area contributed by atoms with Crippen molar-refractivity contribution in [2.24, 2.45) is 11.5 Å². The second-order valence-electron chi connectivity index (χ2n) is 5.96. The van der Waals surface area contributed by atoms with Gasteiger partial charge in [0.05, 0.1) is 18.6 Å². The van der Waals surface area contributed by atoms with Gasteiger partial charge in [0.2, 0.25) is 23.6 Å². The lowest BCUT2D eigenvalue weighted by Gasteiger charge is -2.25. The number of aliphatic hydroxyl groups is 1. The van der Waals surface area contributed by atoms with Crippen molar-refractivity contribution in [2.45, 2.75) is 44.0 Å². The zero-order chi connectivity index (χ0) is 21.9. The molecule has 0 spiro atoms. The minimum Gasteiger partial charge on any atom is -0.480 e. The summed E-state index contributed by atoms with van der Waals surface area (Å²) >= 11 is 1.48. The summed E-state index contributed by atoms with van der Waals surface area (Å²) in [7, 11) is 0. The molecule has 0 heterocycles. The van der Waals surface area contributed by atoms with Crippen LogP contribution in [0.2, 0.25) is 0 Å². The second-order valence-corrected chi connectivity index (χ2v) is 6.94. The minimum absolute atomic E-state index is 0.350. The zero-order valence-corrected chi connectivity index (χ0v) is 16.5. The number of primary amides is 1. The fourth-order valence-electron chi connectivity index (χ4n) is 2.00. The first kappa shape index (κ1) is 25.6. The van der Waals surface area contributed by atoms with E-state index in [4.69, 9.17) is 16.6 Å². The van der Waals surface area contributed by atoms with Gasteiger partial charge in [-0.3, -0.25) is 24.0 Å². The lowest BCUT2D eigenvalue weighted by atomic mass is 10.1. The zero-order valence-electron chi connectivity index (χ0n) is 15.6. The molecule has 0 aliphatic heterocycles. The van der Waals surface area contributed by atoms with Gasteiger partial charge in [-0.15, -0.1) is 0 Å². The van der Waals surface area contributed by atoms with Crippen LogP contribution < -0.4 is 27.4 Å². The Morgan fingerprint density at radius 2 is 1.68 bits per heavy atom. The smallest absolute Gasteiger partial charge is 0.322 e. The number of amides is 4. The van der Waals surface area contributed by atoms with Gasteiger partial charge >= 0.3 is 5.97 Å². The molecular weight excluding hydrogens is 394 g/mol. The van der Waals surface area contributed by atoms with Crippen molar-refractivity contribution in [2.75, 3.05) is 18.6 Å². The van der Waals surface area contributed by atoms with E-state index in [-0.39, 0.29) is 0 Å². The number of carboxylic acid groups (broad SMARTS) is 1. The van der Waals surface area contributed by atoms with E-state index in [0.29, 0.717) is 12.2 Å². The molecule has 0 radical (unpaired) electrons. The van der Waals surface area contributed by atoms with Crippen molar-refractivity contribution in [3.05, 3.63) is 0 Å². The fourth-order valence-corrected chi connectivity index (χ4v) is 2.49. The number of nitrogens with one attached hydrogen (secondary N) is 3. The maximum Gasteiger partial charge on any atom is 0.322 e. The largest absolute Gasteiger partial charge is 0.480 e. The summed E-state index contributed by atoms with van der Waals surface area (Å²) in [6.07, 6.45) is 0.242. The van der Waals surface area contributed by atoms with Gasteiger partial charge in [-0.25, -0.2) is 0 Å². The summed E-state index contributed by atoms with van der Waals surface area (Å²) in [5, 5.41) is 24.9. The normalized spacial score (nSPS) is 14.9. The van der Waals surface area contributed by atoms with E-state index in [1.165, 1.54) is 18.7 Å². The highest BCUT2D eigenvalue weighted by atomic mass is 32.2. The van der Waals surface area contributed by atoms with Crippen LogP contribution >= 0.6 is 11.8 Å². The Morgan fingerprint density at radius 1 is 1.07 bits per heavy atom. The average Bonchev–Trinajstić information content (AvgIpc) is 2.60. The number of carbonyl (C=O) groups excluding carboxylic acids is 4. The van der Waals surface area contributed by atoms with E-state index in [9.17, 15) is 29.1 Å². The lowest BCUT2D eigenvalue weighted by Crippen LogP contribution is -2.59. The number of nitrogens with two attached hydrogens (primary N) is 2. The molecule has 4 unspecified atom stereocenters. The predicted octanol–water partition coefficient (Wildman–Crippen LogP) is -3.51. The molecule has 4 amide bonds. The topological polar surface area (TPSA) is 214 Å². The van der Waals surface area contributed by atoms with Crippen molar-refractivity contribution in [3.8, 4) is 0 Å². The summed E-state index contributed by atoms with van der Waals surface area (Å²) in [5.74, 6) is -4.22. The van der Waals surface area contributed by atoms with Crippen LogP contribution in [0.3, 0.4) is 0 Å². The third kappa shape index (κ3) is 10.1. The highest BCUT2D eigenvalue weighted by molar-refractivity contribution is 7.98. The third-order valence-electron chi connectivity index (χ3n) is 3.48. The first-order valence-electron chi connectivity index (χ1n) is 8.30. The number of rotatable bonds is 13. The number of aliphatic hydroxyl groups excluding tert-OH is 1. The van der Waals surface area contributed by atoms with Crippen molar-refractivity contribution in [1.29, 1.82) is 0 Å². The first-order chi connectivity index (χ1) is 13.0. The third-order valence-corrected chi connectivity index (χ3v) is 4.13. The molecule has 0 fully saturated rings. The molecule has 0 bridgehead atoms. The molecule has 0 saturated carbocycles. The number of carbonyl (C=O) groups is 5. The standard InChI is InChI=1S/C15H27N5O7S/c1-7(21)12(20-13(25)8(16)3-4-28-2)15(27)19-9(5-10(17)22)14(26)18-6-11(23)24/h7-9,12,21H,3-6,16H2,1-2H3,(H2,17,22)(H,18,26)(H,19,27)(H,20,25)(H,23,24). The van der Waals surface area contributed by atoms with Crippen LogP contribution in [0.25, 0.3) is 0 Å². The van der Waals surface area contributed by atoms with E-state index in [1.54, 1.807) is 0 Å². The molecule has 4 atom stereocenters. The van der Waals surface area contributed by atoms with E-state index >= 15 is 0 Å². The van der Waals surface area contributed by atoms with Gasteiger partial charge < -0.3 is 37.6 Å². The summed E-state index contributed by atoms with van der Waals surface area (Å²) < 4.78 is 0. The highest BCUT2D eigenvalue weighted by Gasteiger charge is 2.31. The van der Waals surface area contributed by atoms with Gasteiger partial charge in [0.15, 0.2) is 0 Å². The van der Waals surface area contributed by atoms with Gasteiger partial charge in [0.1, 0.15) is 18.6 Å². The van der Waals surface area contributed by atoms with Crippen LogP contribution in [0.5, 0.6) is 0 Å². The molecule has 0 aromatic heterocycles. The monoisotopic (exact) mass is 421 g/mol. The molecule has 0 aliphatic rings. The van der Waals surface area contributed by atoms with Gasteiger partial charge in [-0.2, -0.15) is 11.8 Å². The van der Waals surface area contributed by atoms with Crippen LogP contribution in [-0.4, -0.2) is 82.6 Å². The summed E-state index contributed by atoms with van der Waals surface area (Å²) in [6, 6.07) is -3.83. The van der Waals surface area contributed by atoms with Gasteiger partial charge in [-0.1, -0.05) is 0 Å². The van der Waals surface area contributed by atoms with Crippen molar-refractivity contribution < 1.29 is 34.2 Å². The quantitative estimate of drug-likeness (QED) is 0.157. The fraction of sp³-hybridized carbons (Fsp3) is 0.667. The van der Waals surface area contributed by atoms with Crippen molar-refractivity contribution in [1.82, 2.24) is 16.0 Å². The maximum atomic E-state index is 12.4. The van der Waals surface area contributed by atoms with E-state index in [0.717, 1.165) is 0 Å². The van der Waals surface area contributed by atoms with Crippen molar-refractivity contribution >= 4 is 41.4 Å². The molecule has 0 saturated heterocycles. The second kappa shape index (κ2) is 12.9. The molecule has 0 rings (SSSR count). The van der Waals surface area contributed by atoms with Crippen LogP contribution in [0.1, 0.15) is 19.8 Å². The molecule has 0 aliphatic carbocycles. The Balaban J connectivity index is 5.12. The number of thioether (sulfide) groups is 1. The lowest BCUT2D eigenvalue weighted by molar-refractivity contribution is -0.139. The molecular formula is C15H27N5O7S. The minimum atomic E-state index is -1.48. The highest BCUT2D eigenvalue weighted by Crippen LogP contribution is 2.02. The van der Waals surface area contributed by atoms with E-state index < -0.39 is 66.8 Å². The molecule has 0 aromatic carbocycles. The van der Waals surface area contributed by atoms with Crippen LogP contribution in [-0.2, 0) is 24.0 Å². The summed E-state index contributed by atoms with van der Waals surface area (Å²) in [5.41, 5.74) is 10.8. The Morgan fingerprint density at radius 3 is 2.14 bits per heavy atom. The molecule has 13 heteroatoms. The summed E-state index contributed by atoms with van der Waals surface area (Å²) in [4.78, 5) is 58.2. The number of aliphatic carboxylic acids is 1. The van der Waals surface area contributed by atoms with E-state index in [1.807, 2.05) is 11.6 Å². The molecule has 0 aromatic rings. The molecule has 12 nitrogen and oxygen atoms in total. The van der Waals surface area contributed by atoms with Crippen LogP contribution in [0.4, 0.5) is 0 Å². The number of carboxylic acids is 1. The number of hydrogen-bond acceptors (Lipinski definition) is 8. The maximum absolute atomic E-state index is 12.4. The Kier molecular flexibility index (Phi) is 11.8. The first-order valence-corrected chi connectivity index (χ1v) is 9.70. The Labute approximate surface area is 166 Å². The predicted molar refractivity (Wildman–Crippen MR) is 101 cm³/mol. The molecule has 28 heavy (non-hydrogen) atoms. The van der Waals surface area contributed by atoms with Gasteiger partial charge in [0.25, 0.3) is 0 Å². The number of hydrogen-bond donors (Lipinski definition) is 7. The summed E-state index contributed by atoms with van der Waals surface area (Å²) in [6.45, 7) is 0.510.